The maximum absolute atomic E-state index is 12.1. The number of H-pyrrole nitrogens is 1. The molecule has 5 nitrogen and oxygen atoms in total. The Morgan fingerprint density at radius 1 is 1.07 bits per heavy atom. The molecular weight excluding hydrogens is 376 g/mol. The van der Waals surface area contributed by atoms with E-state index in [4.69, 9.17) is 16.3 Å². The number of hydrogen-bond donors (Lipinski definition) is 2. The van der Waals surface area contributed by atoms with Gasteiger partial charge >= 0.3 is 5.69 Å². The van der Waals surface area contributed by atoms with Crippen molar-refractivity contribution in [3.8, 4) is 34.0 Å². The highest BCUT2D eigenvalue weighted by Gasteiger charge is 2.11. The first-order chi connectivity index (χ1) is 13.5. The molecule has 4 rings (SSSR count). The second kappa shape index (κ2) is 7.37. The lowest BCUT2D eigenvalue weighted by molar-refractivity contribution is 0.373. The van der Waals surface area contributed by atoms with Crippen LogP contribution < -0.4 is 10.4 Å². The van der Waals surface area contributed by atoms with Crippen molar-refractivity contribution in [3.63, 3.8) is 0 Å². The molecule has 0 atom stereocenters. The summed E-state index contributed by atoms with van der Waals surface area (Å²) in [6, 6.07) is 14.6. The topological polar surface area (TPSA) is 75.2 Å². The second-order valence-corrected chi connectivity index (χ2v) is 6.85. The lowest BCUT2D eigenvalue weighted by atomic mass is 10.0. The normalized spacial score (nSPS) is 13.2. The van der Waals surface area contributed by atoms with Gasteiger partial charge in [0.1, 0.15) is 0 Å². The predicted molar refractivity (Wildman–Crippen MR) is 110 cm³/mol. The van der Waals surface area contributed by atoms with Gasteiger partial charge < -0.3 is 14.8 Å². The standard InChI is InChI=1S/C22H17ClN2O3/c1-28-21-11-16(7-9-20(21)26)19-12-18(24-22(27)25-19)14-4-2-13(3-5-14)15-6-8-17(23)10-15/h2-5,7-12,26H,6H2,1H3,(H,24,25,27). The van der Waals surface area contributed by atoms with Crippen LogP contribution in [0.2, 0.25) is 0 Å². The number of phenols is 1. The van der Waals surface area contributed by atoms with Gasteiger partial charge in [-0.2, -0.15) is 4.98 Å². The molecule has 28 heavy (non-hydrogen) atoms. The fourth-order valence-corrected chi connectivity index (χ4v) is 3.36. The summed E-state index contributed by atoms with van der Waals surface area (Å²) in [5.74, 6) is 0.352. The van der Waals surface area contributed by atoms with Crippen molar-refractivity contribution in [1.29, 1.82) is 0 Å². The molecule has 1 heterocycles. The summed E-state index contributed by atoms with van der Waals surface area (Å²) in [6.07, 6.45) is 4.75. The van der Waals surface area contributed by atoms with Gasteiger partial charge in [0.25, 0.3) is 0 Å². The van der Waals surface area contributed by atoms with Crippen molar-refractivity contribution < 1.29 is 9.84 Å². The van der Waals surface area contributed by atoms with Crippen LogP contribution in [0.4, 0.5) is 0 Å². The van der Waals surface area contributed by atoms with E-state index in [0.717, 1.165) is 28.2 Å². The van der Waals surface area contributed by atoms with Crippen molar-refractivity contribution in [1.82, 2.24) is 9.97 Å². The number of methoxy groups -OCH3 is 1. The summed E-state index contributed by atoms with van der Waals surface area (Å²) in [5, 5.41) is 10.5. The molecule has 1 aliphatic rings. The van der Waals surface area contributed by atoms with Crippen molar-refractivity contribution in [2.45, 2.75) is 6.42 Å². The molecule has 0 unspecified atom stereocenters. The van der Waals surface area contributed by atoms with E-state index in [-0.39, 0.29) is 5.75 Å². The summed E-state index contributed by atoms with van der Waals surface area (Å²) >= 11 is 6.02. The number of aromatic nitrogens is 2. The van der Waals surface area contributed by atoms with E-state index in [2.05, 4.69) is 9.97 Å². The third kappa shape index (κ3) is 3.57. The van der Waals surface area contributed by atoms with Crippen LogP contribution in [-0.4, -0.2) is 22.2 Å². The molecule has 0 fully saturated rings. The molecule has 0 amide bonds. The van der Waals surface area contributed by atoms with Gasteiger partial charge in [-0.25, -0.2) is 4.79 Å². The van der Waals surface area contributed by atoms with Crippen molar-refractivity contribution in [3.05, 3.63) is 81.8 Å². The fourth-order valence-electron chi connectivity index (χ4n) is 3.15. The van der Waals surface area contributed by atoms with E-state index >= 15 is 0 Å². The quantitative estimate of drug-likeness (QED) is 0.673. The summed E-state index contributed by atoms with van der Waals surface area (Å²) in [6.45, 7) is 0. The molecule has 1 aromatic heterocycles. The van der Waals surface area contributed by atoms with E-state index in [1.54, 1.807) is 18.2 Å². The monoisotopic (exact) mass is 392 g/mol. The number of rotatable bonds is 4. The Hall–Kier alpha value is -3.31. The number of halogens is 1. The Morgan fingerprint density at radius 2 is 1.79 bits per heavy atom. The Kier molecular flexibility index (Phi) is 4.75. The number of nitrogens with one attached hydrogen (secondary N) is 1. The molecule has 3 aromatic rings. The van der Waals surface area contributed by atoms with E-state index in [0.29, 0.717) is 22.7 Å². The van der Waals surface area contributed by atoms with Crippen molar-refractivity contribution in [2.24, 2.45) is 0 Å². The molecular formula is C22H17ClN2O3. The first-order valence-corrected chi connectivity index (χ1v) is 9.07. The minimum Gasteiger partial charge on any atom is -0.504 e. The number of aromatic amines is 1. The summed E-state index contributed by atoms with van der Waals surface area (Å²) in [4.78, 5) is 18.9. The van der Waals surface area contributed by atoms with Crippen LogP contribution in [0.3, 0.4) is 0 Å². The molecule has 0 saturated heterocycles. The molecule has 0 saturated carbocycles. The van der Waals surface area contributed by atoms with Gasteiger partial charge in [-0.05, 0) is 53.5 Å². The molecule has 2 N–H and O–H groups in total. The minimum absolute atomic E-state index is 0.0303. The number of benzene rings is 2. The van der Waals surface area contributed by atoms with Gasteiger partial charge in [-0.3, -0.25) is 0 Å². The first kappa shape index (κ1) is 18.1. The number of hydrogen-bond acceptors (Lipinski definition) is 4. The van der Waals surface area contributed by atoms with Gasteiger partial charge in [0.05, 0.1) is 18.5 Å². The van der Waals surface area contributed by atoms with Crippen LogP contribution in [0.1, 0.15) is 12.0 Å². The summed E-state index contributed by atoms with van der Waals surface area (Å²) in [5.41, 5.74) is 4.51. The number of phenolic OH excluding ortho intramolecular Hbond substituents is 1. The lowest BCUT2D eigenvalue weighted by Crippen LogP contribution is -2.12. The van der Waals surface area contributed by atoms with Crippen LogP contribution in [0.5, 0.6) is 11.5 Å². The van der Waals surface area contributed by atoms with Crippen LogP contribution in [0, 0.1) is 0 Å². The van der Waals surface area contributed by atoms with Gasteiger partial charge in [0.2, 0.25) is 0 Å². The summed E-state index contributed by atoms with van der Waals surface area (Å²) < 4.78 is 5.14. The molecule has 0 bridgehead atoms. The predicted octanol–water partition coefficient (Wildman–Crippen LogP) is 4.73. The van der Waals surface area contributed by atoms with Crippen LogP contribution in [0.25, 0.3) is 28.1 Å². The van der Waals surface area contributed by atoms with Crippen LogP contribution in [0.15, 0.2) is 70.5 Å². The van der Waals surface area contributed by atoms with Gasteiger partial charge in [0.15, 0.2) is 11.5 Å². The average Bonchev–Trinajstić information content (AvgIpc) is 3.14. The van der Waals surface area contributed by atoms with E-state index < -0.39 is 5.69 Å². The molecule has 1 aliphatic carbocycles. The van der Waals surface area contributed by atoms with Gasteiger partial charge in [-0.1, -0.05) is 41.9 Å². The van der Waals surface area contributed by atoms with E-state index in [1.165, 1.54) is 13.2 Å². The zero-order valence-electron chi connectivity index (χ0n) is 15.1. The molecule has 0 spiro atoms. The van der Waals surface area contributed by atoms with Gasteiger partial charge in [0, 0.05) is 10.6 Å². The zero-order chi connectivity index (χ0) is 19.7. The first-order valence-electron chi connectivity index (χ1n) is 8.69. The smallest absolute Gasteiger partial charge is 0.345 e. The summed E-state index contributed by atoms with van der Waals surface area (Å²) in [7, 11) is 1.47. The van der Waals surface area contributed by atoms with Crippen LogP contribution in [-0.2, 0) is 0 Å². The van der Waals surface area contributed by atoms with Crippen molar-refractivity contribution in [2.75, 3.05) is 7.11 Å². The highest BCUT2D eigenvalue weighted by molar-refractivity contribution is 6.32. The maximum atomic E-state index is 12.1. The number of aromatic hydroxyl groups is 1. The molecule has 140 valence electrons. The Bertz CT molecular complexity index is 1160. The molecule has 6 heteroatoms. The molecule has 0 aliphatic heterocycles. The minimum atomic E-state index is -0.446. The third-order valence-corrected chi connectivity index (χ3v) is 4.88. The Balaban J connectivity index is 1.70. The Morgan fingerprint density at radius 3 is 2.46 bits per heavy atom. The van der Waals surface area contributed by atoms with Crippen LogP contribution >= 0.6 is 11.6 Å². The highest BCUT2D eigenvalue weighted by atomic mass is 35.5. The van der Waals surface area contributed by atoms with E-state index in [1.807, 2.05) is 36.4 Å². The van der Waals surface area contributed by atoms with Crippen molar-refractivity contribution >= 4 is 17.2 Å². The van der Waals surface area contributed by atoms with Gasteiger partial charge in [-0.15, -0.1) is 0 Å². The highest BCUT2D eigenvalue weighted by Crippen LogP contribution is 2.32. The largest absolute Gasteiger partial charge is 0.504 e. The Labute approximate surface area is 166 Å². The molecule has 2 aromatic carbocycles. The number of ether oxygens (including phenoxy) is 1. The number of allylic oxidation sites excluding steroid dienone is 4. The zero-order valence-corrected chi connectivity index (χ0v) is 15.8. The third-order valence-electron chi connectivity index (χ3n) is 4.62. The number of nitrogens with zero attached hydrogens (tertiary/aromatic N) is 1. The second-order valence-electron chi connectivity index (χ2n) is 6.41. The maximum Gasteiger partial charge on any atom is 0.345 e. The lowest BCUT2D eigenvalue weighted by Gasteiger charge is -2.09. The molecule has 0 radical (unpaired) electrons. The average molecular weight is 393 g/mol. The van der Waals surface area contributed by atoms with E-state index in [9.17, 15) is 9.90 Å². The SMILES string of the molecule is COc1cc(-c2cc(-c3ccc(C4=CC(Cl)=CC4)cc3)[nH]c(=O)n2)ccc1O. The fraction of sp³-hybridized carbons (Fsp3) is 0.0909.